The Morgan fingerprint density at radius 2 is 1.74 bits per heavy atom. The molecule has 182 valence electrons. The molecule has 10 heteroatoms. The first kappa shape index (κ1) is 23.3. The van der Waals surface area contributed by atoms with Gasteiger partial charge in [0.15, 0.2) is 0 Å². The average molecular weight is 541 g/mol. The molecule has 35 heavy (non-hydrogen) atoms. The van der Waals surface area contributed by atoms with E-state index in [1.54, 1.807) is 17.0 Å². The van der Waals surface area contributed by atoms with Crippen molar-refractivity contribution in [3.05, 3.63) is 58.1 Å². The Balaban J connectivity index is 1.40. The van der Waals surface area contributed by atoms with Crippen LogP contribution in [-0.2, 0) is 27.2 Å². The number of para-hydroxylation sites is 1. The van der Waals surface area contributed by atoms with Crippen LogP contribution in [-0.4, -0.2) is 58.5 Å². The topological polar surface area (TPSA) is 119 Å². The van der Waals surface area contributed by atoms with Crippen LogP contribution in [0, 0.1) is 0 Å². The number of halogens is 1. The van der Waals surface area contributed by atoms with Crippen LogP contribution in [0.1, 0.15) is 30.4 Å². The number of hydrogen-bond donors (Lipinski definition) is 3. The number of carbonyl (C=O) groups is 4. The van der Waals surface area contributed by atoms with Gasteiger partial charge in [-0.05, 0) is 61.1 Å². The lowest BCUT2D eigenvalue weighted by Gasteiger charge is -2.32. The van der Waals surface area contributed by atoms with Crippen LogP contribution in [0.3, 0.4) is 0 Å². The van der Waals surface area contributed by atoms with Gasteiger partial charge in [-0.1, -0.05) is 34.1 Å². The van der Waals surface area contributed by atoms with Gasteiger partial charge in [0.2, 0.25) is 17.7 Å². The van der Waals surface area contributed by atoms with E-state index in [9.17, 15) is 24.3 Å². The number of nitrogens with zero attached hydrogens (tertiary/aromatic N) is 2. The molecule has 0 bridgehead atoms. The smallest absolute Gasteiger partial charge is 0.405 e. The predicted octanol–water partition coefficient (Wildman–Crippen LogP) is 2.92. The van der Waals surface area contributed by atoms with Crippen LogP contribution in [0.5, 0.6) is 0 Å². The van der Waals surface area contributed by atoms with Crippen molar-refractivity contribution in [3.8, 4) is 0 Å². The molecular formula is C25H25BrN4O5. The number of amides is 4. The summed E-state index contributed by atoms with van der Waals surface area (Å²) in [6.07, 6.45) is 1.13. The molecule has 1 fully saturated rings. The SMILES string of the molecule is O=C(O)N[C@H]1CCc2cccc3c2N(C1=O)[C@H](C(=O)N1CCC[C@H]1C(=O)Nc1ccc(Br)cc1)C3. The molecule has 0 unspecified atom stereocenters. The summed E-state index contributed by atoms with van der Waals surface area (Å²) in [5, 5.41) is 14.4. The molecule has 3 aliphatic rings. The van der Waals surface area contributed by atoms with Crippen LogP contribution >= 0.6 is 15.9 Å². The summed E-state index contributed by atoms with van der Waals surface area (Å²) in [4.78, 5) is 54.7. The monoisotopic (exact) mass is 540 g/mol. The van der Waals surface area contributed by atoms with Gasteiger partial charge < -0.3 is 20.6 Å². The normalized spacial score (nSPS) is 23.0. The van der Waals surface area contributed by atoms with E-state index in [4.69, 9.17) is 0 Å². The molecule has 1 saturated heterocycles. The summed E-state index contributed by atoms with van der Waals surface area (Å²) in [7, 11) is 0. The molecule has 3 heterocycles. The number of benzene rings is 2. The molecule has 4 amide bonds. The van der Waals surface area contributed by atoms with E-state index < -0.39 is 30.1 Å². The molecule has 0 spiro atoms. The molecule has 3 atom stereocenters. The Hall–Kier alpha value is -3.40. The maximum absolute atomic E-state index is 13.8. The highest BCUT2D eigenvalue weighted by Gasteiger charge is 2.47. The van der Waals surface area contributed by atoms with E-state index in [1.807, 2.05) is 30.3 Å². The van der Waals surface area contributed by atoms with Gasteiger partial charge in [0.05, 0.1) is 5.69 Å². The number of anilines is 2. The number of carboxylic acid groups (broad SMARTS) is 1. The zero-order chi connectivity index (χ0) is 24.7. The second kappa shape index (κ2) is 9.33. The quantitative estimate of drug-likeness (QED) is 0.550. The van der Waals surface area contributed by atoms with Gasteiger partial charge >= 0.3 is 6.09 Å². The number of rotatable bonds is 4. The average Bonchev–Trinajstić information content (AvgIpc) is 3.44. The molecule has 0 radical (unpaired) electrons. The lowest BCUT2D eigenvalue weighted by molar-refractivity contribution is -0.138. The third-order valence-electron chi connectivity index (χ3n) is 6.94. The van der Waals surface area contributed by atoms with Gasteiger partial charge in [-0.25, -0.2) is 4.79 Å². The predicted molar refractivity (Wildman–Crippen MR) is 132 cm³/mol. The summed E-state index contributed by atoms with van der Waals surface area (Å²) in [6, 6.07) is 10.6. The van der Waals surface area contributed by atoms with Crippen LogP contribution in [0.4, 0.5) is 16.2 Å². The van der Waals surface area contributed by atoms with Gasteiger partial charge in [-0.15, -0.1) is 0 Å². The fourth-order valence-corrected chi connectivity index (χ4v) is 5.63. The van der Waals surface area contributed by atoms with Crippen molar-refractivity contribution in [1.82, 2.24) is 10.2 Å². The summed E-state index contributed by atoms with van der Waals surface area (Å²) in [5.41, 5.74) is 3.16. The number of hydrogen-bond acceptors (Lipinski definition) is 4. The van der Waals surface area contributed by atoms with Crippen molar-refractivity contribution in [3.63, 3.8) is 0 Å². The molecule has 2 aromatic rings. The Kier molecular flexibility index (Phi) is 6.22. The first-order valence-corrected chi connectivity index (χ1v) is 12.4. The lowest BCUT2D eigenvalue weighted by Crippen LogP contribution is -2.56. The number of carbonyl (C=O) groups excluding carboxylic acids is 3. The van der Waals surface area contributed by atoms with E-state index in [1.165, 1.54) is 4.90 Å². The van der Waals surface area contributed by atoms with Gasteiger partial charge in [-0.2, -0.15) is 0 Å². The first-order chi connectivity index (χ1) is 16.8. The van der Waals surface area contributed by atoms with E-state index in [2.05, 4.69) is 26.6 Å². The van der Waals surface area contributed by atoms with Crippen LogP contribution in [0.2, 0.25) is 0 Å². The van der Waals surface area contributed by atoms with E-state index in [0.29, 0.717) is 50.0 Å². The molecule has 0 saturated carbocycles. The van der Waals surface area contributed by atoms with Crippen molar-refractivity contribution in [2.24, 2.45) is 0 Å². The molecule has 5 rings (SSSR count). The summed E-state index contributed by atoms with van der Waals surface area (Å²) in [6.45, 7) is 0.426. The van der Waals surface area contributed by atoms with Gasteiger partial charge in [0.1, 0.15) is 18.1 Å². The van der Waals surface area contributed by atoms with Crippen molar-refractivity contribution >= 4 is 51.1 Å². The number of likely N-dealkylation sites (tertiary alicyclic amines) is 1. The fourth-order valence-electron chi connectivity index (χ4n) is 5.36. The minimum atomic E-state index is -1.28. The Morgan fingerprint density at radius 3 is 2.49 bits per heavy atom. The second-order valence-electron chi connectivity index (χ2n) is 9.08. The van der Waals surface area contributed by atoms with Gasteiger partial charge in [0.25, 0.3) is 0 Å². The third-order valence-corrected chi connectivity index (χ3v) is 7.47. The minimum Gasteiger partial charge on any atom is -0.465 e. The zero-order valence-corrected chi connectivity index (χ0v) is 20.5. The third kappa shape index (κ3) is 4.38. The largest absolute Gasteiger partial charge is 0.465 e. The Morgan fingerprint density at radius 1 is 1.00 bits per heavy atom. The Labute approximate surface area is 210 Å². The van der Waals surface area contributed by atoms with Gasteiger partial charge in [-0.3, -0.25) is 19.3 Å². The van der Waals surface area contributed by atoms with Crippen molar-refractivity contribution < 1.29 is 24.3 Å². The first-order valence-electron chi connectivity index (χ1n) is 11.6. The molecule has 9 nitrogen and oxygen atoms in total. The summed E-state index contributed by atoms with van der Waals surface area (Å²) >= 11 is 3.37. The maximum atomic E-state index is 13.8. The van der Waals surface area contributed by atoms with Crippen LogP contribution < -0.4 is 15.5 Å². The highest BCUT2D eigenvalue weighted by Crippen LogP contribution is 2.40. The van der Waals surface area contributed by atoms with Crippen molar-refractivity contribution in [1.29, 1.82) is 0 Å². The van der Waals surface area contributed by atoms with Crippen LogP contribution in [0.15, 0.2) is 46.9 Å². The highest BCUT2D eigenvalue weighted by molar-refractivity contribution is 9.10. The lowest BCUT2D eigenvalue weighted by atomic mass is 10.0. The number of nitrogens with one attached hydrogen (secondary N) is 2. The zero-order valence-electron chi connectivity index (χ0n) is 18.9. The second-order valence-corrected chi connectivity index (χ2v) is 10.00. The van der Waals surface area contributed by atoms with Gasteiger partial charge in [0, 0.05) is 23.1 Å². The van der Waals surface area contributed by atoms with E-state index >= 15 is 0 Å². The molecule has 3 N–H and O–H groups in total. The molecule has 2 aromatic carbocycles. The molecule has 3 aliphatic heterocycles. The molecular weight excluding hydrogens is 516 g/mol. The summed E-state index contributed by atoms with van der Waals surface area (Å²) < 4.78 is 0.895. The van der Waals surface area contributed by atoms with E-state index in [0.717, 1.165) is 15.6 Å². The van der Waals surface area contributed by atoms with Crippen molar-refractivity contribution in [2.75, 3.05) is 16.8 Å². The fraction of sp³-hybridized carbons (Fsp3) is 0.360. The van der Waals surface area contributed by atoms with Crippen LogP contribution in [0.25, 0.3) is 0 Å². The number of aryl methyl sites for hydroxylation is 1. The minimum absolute atomic E-state index is 0.262. The van der Waals surface area contributed by atoms with E-state index in [-0.39, 0.29) is 11.8 Å². The molecule has 0 aromatic heterocycles. The summed E-state index contributed by atoms with van der Waals surface area (Å²) in [5.74, 6) is -0.976. The Bertz CT molecular complexity index is 1200. The maximum Gasteiger partial charge on any atom is 0.405 e. The molecule has 0 aliphatic carbocycles. The standard InChI is InChI=1S/C25H25BrN4O5/c26-16-7-9-17(10-8-16)27-22(31)19-5-2-12-29(19)24(33)20-13-15-4-1-3-14-6-11-18(28-25(34)35)23(32)30(20)21(14)15/h1,3-4,7-10,18-20,28H,2,5-6,11-13H2,(H,27,31)(H,34,35)/t18-,19-,20-/m0/s1. The highest BCUT2D eigenvalue weighted by atomic mass is 79.9. The van der Waals surface area contributed by atoms with Crippen molar-refractivity contribution in [2.45, 2.75) is 50.2 Å².